The quantitative estimate of drug-likeness (QED) is 0.453. The second kappa shape index (κ2) is 5.95. The van der Waals surface area contributed by atoms with Gasteiger partial charge in [-0.15, -0.1) is 0 Å². The summed E-state index contributed by atoms with van der Waals surface area (Å²) in [6.45, 7) is 2.10. The maximum absolute atomic E-state index is 10.4. The van der Waals surface area contributed by atoms with Gasteiger partial charge in [-0.25, -0.2) is 4.79 Å². The van der Waals surface area contributed by atoms with Crippen LogP contribution < -0.4 is 0 Å². The number of unbranched alkanes of at least 4 members (excludes halogenated alkanes) is 1. The summed E-state index contributed by atoms with van der Waals surface area (Å²) in [6.07, 6.45) is 2.21. The zero-order chi connectivity index (χ0) is 7.11. The van der Waals surface area contributed by atoms with Crippen LogP contribution in [0.3, 0.4) is 0 Å². The summed E-state index contributed by atoms with van der Waals surface area (Å²) in [7, 11) is 1.40. The summed E-state index contributed by atoms with van der Waals surface area (Å²) in [5, 5.41) is -0.177. The van der Waals surface area contributed by atoms with Crippen LogP contribution in [0.1, 0.15) is 19.8 Å². The zero-order valence-corrected chi connectivity index (χ0v) is 6.66. The third-order valence-electron chi connectivity index (χ3n) is 0.884. The van der Waals surface area contributed by atoms with Gasteiger partial charge in [0.25, 0.3) is 0 Å². The van der Waals surface area contributed by atoms with Crippen LogP contribution in [0.5, 0.6) is 0 Å². The largest absolute Gasteiger partial charge is 0.461 e. The van der Waals surface area contributed by atoms with E-state index in [1.807, 2.05) is 0 Å². The molecule has 0 bridgehead atoms. The van der Waals surface area contributed by atoms with Crippen LogP contribution in [-0.2, 0) is 4.74 Å². The molecule has 54 valence electrons. The Labute approximate surface area is 60.0 Å². The van der Waals surface area contributed by atoms with E-state index in [4.69, 9.17) is 0 Å². The fourth-order valence-corrected chi connectivity index (χ4v) is 1.08. The van der Waals surface area contributed by atoms with Gasteiger partial charge in [-0.3, -0.25) is 0 Å². The van der Waals surface area contributed by atoms with Crippen molar-refractivity contribution in [3.8, 4) is 0 Å². The Morgan fingerprint density at radius 1 is 1.67 bits per heavy atom. The van der Waals surface area contributed by atoms with Crippen molar-refractivity contribution in [2.24, 2.45) is 0 Å². The molecule has 0 radical (unpaired) electrons. The number of hydrogen-bond donors (Lipinski definition) is 0. The molecule has 0 aromatic carbocycles. The second-order valence-electron chi connectivity index (χ2n) is 1.66. The molecule has 0 aliphatic carbocycles. The van der Waals surface area contributed by atoms with E-state index in [2.05, 4.69) is 11.7 Å². The molecule has 0 saturated heterocycles. The van der Waals surface area contributed by atoms with Gasteiger partial charge >= 0.3 is 5.30 Å². The Bertz CT molecular complexity index is 83.1. The Balaban J connectivity index is 2.97. The Kier molecular flexibility index (Phi) is 5.83. The maximum Gasteiger partial charge on any atom is 0.367 e. The van der Waals surface area contributed by atoms with Crippen molar-refractivity contribution in [3.63, 3.8) is 0 Å². The van der Waals surface area contributed by atoms with Gasteiger partial charge in [0, 0.05) is 5.75 Å². The van der Waals surface area contributed by atoms with Gasteiger partial charge < -0.3 is 4.74 Å². The fourth-order valence-electron chi connectivity index (χ4n) is 0.359. The van der Waals surface area contributed by atoms with Crippen molar-refractivity contribution in [2.45, 2.75) is 19.8 Å². The standard InChI is InChI=1S/C6H12O2S/c1-3-4-5-9-6(7)8-2/h3-5H2,1-2H3. The second-order valence-corrected chi connectivity index (χ2v) is 2.69. The SMILES string of the molecule is CCCCSC(=O)OC. The van der Waals surface area contributed by atoms with Gasteiger partial charge in [0.15, 0.2) is 0 Å². The van der Waals surface area contributed by atoms with E-state index in [-0.39, 0.29) is 5.30 Å². The van der Waals surface area contributed by atoms with Gasteiger partial charge in [-0.2, -0.15) is 0 Å². The molecule has 0 spiro atoms. The summed E-state index contributed by atoms with van der Waals surface area (Å²) in [5.41, 5.74) is 0. The number of methoxy groups -OCH3 is 1. The average molecular weight is 148 g/mol. The lowest BCUT2D eigenvalue weighted by molar-refractivity contribution is 0.200. The highest BCUT2D eigenvalue weighted by Gasteiger charge is 1.97. The molecule has 0 atom stereocenters. The van der Waals surface area contributed by atoms with E-state index in [0.717, 1.165) is 18.6 Å². The van der Waals surface area contributed by atoms with Crippen LogP contribution >= 0.6 is 11.8 Å². The van der Waals surface area contributed by atoms with Crippen LogP contribution in [0.25, 0.3) is 0 Å². The molecule has 3 heteroatoms. The Morgan fingerprint density at radius 3 is 2.78 bits per heavy atom. The van der Waals surface area contributed by atoms with E-state index in [1.54, 1.807) is 0 Å². The number of thioether (sulfide) groups is 1. The van der Waals surface area contributed by atoms with Crippen molar-refractivity contribution in [2.75, 3.05) is 12.9 Å². The Morgan fingerprint density at radius 2 is 2.33 bits per heavy atom. The van der Waals surface area contributed by atoms with Crippen LogP contribution in [0.4, 0.5) is 4.79 Å². The maximum atomic E-state index is 10.4. The van der Waals surface area contributed by atoms with Gasteiger partial charge in [0.05, 0.1) is 7.11 Å². The number of carbonyl (C=O) groups excluding carboxylic acids is 1. The van der Waals surface area contributed by atoms with Crippen molar-refractivity contribution >= 4 is 17.1 Å². The molecule has 0 saturated carbocycles. The fraction of sp³-hybridized carbons (Fsp3) is 0.833. The third-order valence-corrected chi connectivity index (χ3v) is 1.78. The molecule has 0 fully saturated rings. The smallest absolute Gasteiger partial charge is 0.367 e. The van der Waals surface area contributed by atoms with Crippen molar-refractivity contribution < 1.29 is 9.53 Å². The molecule has 0 aromatic heterocycles. The first-order valence-electron chi connectivity index (χ1n) is 3.02. The van der Waals surface area contributed by atoms with Gasteiger partial charge in [0.1, 0.15) is 0 Å². The summed E-state index contributed by atoms with van der Waals surface area (Å²) in [4.78, 5) is 10.4. The molecule has 2 nitrogen and oxygen atoms in total. The summed E-state index contributed by atoms with van der Waals surface area (Å²) >= 11 is 1.24. The summed E-state index contributed by atoms with van der Waals surface area (Å²) < 4.78 is 4.42. The van der Waals surface area contributed by atoms with E-state index in [9.17, 15) is 4.79 Å². The van der Waals surface area contributed by atoms with Gasteiger partial charge in [-0.05, 0) is 18.2 Å². The zero-order valence-electron chi connectivity index (χ0n) is 5.85. The molecule has 0 aliphatic heterocycles. The predicted octanol–water partition coefficient (Wildman–Crippen LogP) is 2.29. The molecule has 0 unspecified atom stereocenters. The molecule has 9 heavy (non-hydrogen) atoms. The lowest BCUT2D eigenvalue weighted by Crippen LogP contribution is -1.91. The molecule has 0 N–H and O–H groups in total. The van der Waals surface area contributed by atoms with E-state index < -0.39 is 0 Å². The lowest BCUT2D eigenvalue weighted by Gasteiger charge is -1.95. The summed E-state index contributed by atoms with van der Waals surface area (Å²) in [6, 6.07) is 0. The minimum absolute atomic E-state index is 0.177. The normalized spacial score (nSPS) is 9.11. The highest BCUT2D eigenvalue weighted by atomic mass is 32.2. The van der Waals surface area contributed by atoms with Crippen molar-refractivity contribution in [3.05, 3.63) is 0 Å². The van der Waals surface area contributed by atoms with E-state index in [0.29, 0.717) is 0 Å². The lowest BCUT2D eigenvalue weighted by atomic mass is 10.4. The van der Waals surface area contributed by atoms with Gasteiger partial charge in [0.2, 0.25) is 0 Å². The minimum Gasteiger partial charge on any atom is -0.461 e. The first kappa shape index (κ1) is 8.82. The highest BCUT2D eigenvalue weighted by molar-refractivity contribution is 8.13. The topological polar surface area (TPSA) is 26.3 Å². The van der Waals surface area contributed by atoms with Crippen LogP contribution in [-0.4, -0.2) is 18.2 Å². The third kappa shape index (κ3) is 5.69. The van der Waals surface area contributed by atoms with Crippen molar-refractivity contribution in [1.82, 2.24) is 0 Å². The van der Waals surface area contributed by atoms with E-state index >= 15 is 0 Å². The number of carbonyl (C=O) groups is 1. The molecule has 0 aliphatic rings. The first-order valence-corrected chi connectivity index (χ1v) is 4.00. The minimum atomic E-state index is -0.177. The molecule has 0 rings (SSSR count). The molecule has 0 heterocycles. The molecular weight excluding hydrogens is 136 g/mol. The molecular formula is C6H12O2S. The average Bonchev–Trinajstić information content (AvgIpc) is 1.89. The monoisotopic (exact) mass is 148 g/mol. The number of hydrogen-bond acceptors (Lipinski definition) is 3. The number of ether oxygens (including phenoxy) is 1. The predicted molar refractivity (Wildman–Crippen MR) is 39.8 cm³/mol. The van der Waals surface area contributed by atoms with Crippen LogP contribution in [0.2, 0.25) is 0 Å². The van der Waals surface area contributed by atoms with Crippen molar-refractivity contribution in [1.29, 1.82) is 0 Å². The van der Waals surface area contributed by atoms with Crippen LogP contribution in [0, 0.1) is 0 Å². The molecule has 0 amide bonds. The van der Waals surface area contributed by atoms with E-state index in [1.165, 1.54) is 18.9 Å². The first-order chi connectivity index (χ1) is 4.31. The number of rotatable bonds is 3. The van der Waals surface area contributed by atoms with Crippen LogP contribution in [0.15, 0.2) is 0 Å². The molecule has 0 aromatic rings. The highest BCUT2D eigenvalue weighted by Crippen LogP contribution is 2.06. The summed E-state index contributed by atoms with van der Waals surface area (Å²) in [5.74, 6) is 0.878. The van der Waals surface area contributed by atoms with Gasteiger partial charge in [-0.1, -0.05) is 13.3 Å². The Hall–Kier alpha value is -0.180.